The molecule has 1 aliphatic heterocycles. The molecule has 2 aromatic rings. The first-order valence-electron chi connectivity index (χ1n) is 24.6. The summed E-state index contributed by atoms with van der Waals surface area (Å²) in [6.07, 6.45) is 38.7. The molecule has 0 fully saturated rings. The van der Waals surface area contributed by atoms with Crippen LogP contribution in [0, 0.1) is 0 Å². The third-order valence-electron chi connectivity index (χ3n) is 11.7. The second-order valence-corrected chi connectivity index (χ2v) is 18.4. The summed E-state index contributed by atoms with van der Waals surface area (Å²) in [7, 11) is 0. The number of benzene rings is 2. The van der Waals surface area contributed by atoms with E-state index in [0.717, 1.165) is 48.2 Å². The van der Waals surface area contributed by atoms with Crippen LogP contribution in [-0.2, 0) is 27.3 Å². The molecular weight excluding hydrogens is 735 g/mol. The SMILES string of the molecule is CCCCCCCCC1=C(c2ccc(CCCC)cc2)[N+](=[N-])C(c2ccc(CCCCCCCC)cc2)=C1CCCCCCCC.CCCC[CH2][Ni][CH2]CCCC. The summed E-state index contributed by atoms with van der Waals surface area (Å²) in [5.74, 6) is 0. The van der Waals surface area contributed by atoms with Crippen LogP contribution in [0.15, 0.2) is 59.7 Å². The molecular formula is C54H90N2Ni. The minimum absolute atomic E-state index is 1.03. The van der Waals surface area contributed by atoms with Crippen LogP contribution < -0.4 is 0 Å². The predicted octanol–water partition coefficient (Wildman–Crippen LogP) is 18.9. The van der Waals surface area contributed by atoms with Gasteiger partial charge in [0.1, 0.15) is 0 Å². The molecule has 0 aliphatic carbocycles. The van der Waals surface area contributed by atoms with Gasteiger partial charge in [0.05, 0.1) is 0 Å². The van der Waals surface area contributed by atoms with Gasteiger partial charge in [0.25, 0.3) is 0 Å². The summed E-state index contributed by atoms with van der Waals surface area (Å²) in [5.41, 5.74) is 22.0. The van der Waals surface area contributed by atoms with Crippen molar-refractivity contribution in [3.63, 3.8) is 0 Å². The van der Waals surface area contributed by atoms with Crippen LogP contribution in [0.1, 0.15) is 244 Å². The molecule has 0 atom stereocenters. The number of allylic oxidation sites excluding steroid dienone is 2. The Labute approximate surface area is 361 Å². The normalized spacial score (nSPS) is 12.9. The van der Waals surface area contributed by atoms with Crippen LogP contribution in [0.2, 0.25) is 10.8 Å². The number of nitrogens with zero attached hydrogens (tertiary/aromatic N) is 2. The van der Waals surface area contributed by atoms with E-state index in [4.69, 9.17) is 0 Å². The quantitative estimate of drug-likeness (QED) is 0.0382. The van der Waals surface area contributed by atoms with Gasteiger partial charge >= 0.3 is 77.6 Å². The van der Waals surface area contributed by atoms with E-state index in [0.29, 0.717) is 0 Å². The number of unbranched alkanes of at least 4 members (excludes halogenated alkanes) is 20. The topological polar surface area (TPSA) is 25.3 Å². The molecule has 0 bridgehead atoms. The molecule has 1 heterocycles. The first-order valence-corrected chi connectivity index (χ1v) is 26.0. The molecule has 2 aromatic carbocycles. The van der Waals surface area contributed by atoms with Gasteiger partial charge in [0, 0.05) is 22.3 Å². The van der Waals surface area contributed by atoms with Crippen molar-refractivity contribution in [3.8, 4) is 0 Å². The van der Waals surface area contributed by atoms with Gasteiger partial charge < -0.3 is 5.53 Å². The molecule has 2 nitrogen and oxygen atoms in total. The Morgan fingerprint density at radius 2 is 0.649 bits per heavy atom. The standard InChI is InChI=1S/C44H68N2.2C5H11.Ni/c1-5-9-13-16-19-22-26-38-31-35-40(36-32-38)44-42(28-24-21-18-15-11-7-3)41(27-23-20-17-14-10-6-2)43(46(44)45)39-33-29-37(30-34-39)25-12-8-4;2*1-3-5-4-2;/h29-36H,5-28H2,1-4H3;2*1,3-5H2,2H3;. The zero-order chi connectivity index (χ0) is 41.2. The number of hydrogen-bond acceptors (Lipinski definition) is 0. The van der Waals surface area contributed by atoms with E-state index in [9.17, 15) is 5.53 Å². The maximum atomic E-state index is 12.1. The fraction of sp³-hybridized carbons (Fsp3) is 0.704. The Morgan fingerprint density at radius 3 is 1.02 bits per heavy atom. The third kappa shape index (κ3) is 21.7. The summed E-state index contributed by atoms with van der Waals surface area (Å²) < 4.78 is 1.59. The average Bonchev–Trinajstić information content (AvgIpc) is 3.51. The molecule has 3 rings (SSSR count). The zero-order valence-electron chi connectivity index (χ0n) is 38.5. The van der Waals surface area contributed by atoms with Gasteiger partial charge in [-0.2, -0.15) is 0 Å². The molecule has 3 heteroatoms. The molecule has 326 valence electrons. The summed E-state index contributed by atoms with van der Waals surface area (Å²) in [6.45, 7) is 13.7. The van der Waals surface area contributed by atoms with E-state index in [2.05, 4.69) is 90.1 Å². The Morgan fingerprint density at radius 1 is 0.351 bits per heavy atom. The second kappa shape index (κ2) is 34.8. The number of hydrogen-bond donors (Lipinski definition) is 0. The molecule has 0 amide bonds. The predicted molar refractivity (Wildman–Crippen MR) is 251 cm³/mol. The van der Waals surface area contributed by atoms with Crippen molar-refractivity contribution in [2.75, 3.05) is 0 Å². The number of aryl methyl sites for hydroxylation is 2. The van der Waals surface area contributed by atoms with E-state index in [1.165, 1.54) is 200 Å². The van der Waals surface area contributed by atoms with Crippen LogP contribution in [-0.4, -0.2) is 4.70 Å². The van der Waals surface area contributed by atoms with E-state index in [1.54, 1.807) is 4.70 Å². The van der Waals surface area contributed by atoms with Crippen molar-refractivity contribution in [1.29, 1.82) is 0 Å². The van der Waals surface area contributed by atoms with Crippen LogP contribution in [0.3, 0.4) is 0 Å². The Balaban J connectivity index is 0.000000886. The molecule has 0 unspecified atom stereocenters. The minimum atomic E-state index is 1.03. The fourth-order valence-corrected chi connectivity index (χ4v) is 9.23. The van der Waals surface area contributed by atoms with Gasteiger partial charge in [-0.15, -0.1) is 0 Å². The fourth-order valence-electron chi connectivity index (χ4n) is 7.99. The maximum absolute atomic E-state index is 12.1. The monoisotopic (exact) mass is 825 g/mol. The van der Waals surface area contributed by atoms with E-state index in [1.807, 2.05) is 14.4 Å². The van der Waals surface area contributed by atoms with Crippen molar-refractivity contribution in [2.24, 2.45) is 0 Å². The van der Waals surface area contributed by atoms with Crippen molar-refractivity contribution >= 4 is 11.4 Å². The van der Waals surface area contributed by atoms with Crippen molar-refractivity contribution in [3.05, 3.63) is 87.5 Å². The number of rotatable bonds is 34. The van der Waals surface area contributed by atoms with Crippen molar-refractivity contribution < 1.29 is 19.1 Å². The van der Waals surface area contributed by atoms with Crippen LogP contribution >= 0.6 is 0 Å². The summed E-state index contributed by atoms with van der Waals surface area (Å²) >= 11 is 1.97. The molecule has 0 aromatic heterocycles. The van der Waals surface area contributed by atoms with Crippen LogP contribution in [0.5, 0.6) is 0 Å². The summed E-state index contributed by atoms with van der Waals surface area (Å²) in [4.78, 5) is 0. The third-order valence-corrected chi connectivity index (χ3v) is 13.1. The van der Waals surface area contributed by atoms with Gasteiger partial charge in [-0.25, -0.2) is 4.70 Å². The molecule has 0 saturated carbocycles. The molecule has 1 aliphatic rings. The summed E-state index contributed by atoms with van der Waals surface area (Å²) in [5, 5.41) is 2.81. The Hall–Kier alpha value is -1.99. The van der Waals surface area contributed by atoms with Gasteiger partial charge in [0.2, 0.25) is 11.4 Å². The van der Waals surface area contributed by atoms with Gasteiger partial charge in [-0.1, -0.05) is 155 Å². The van der Waals surface area contributed by atoms with Gasteiger partial charge in [-0.05, 0) is 86.8 Å². The Bertz CT molecular complexity index is 1330. The van der Waals surface area contributed by atoms with E-state index < -0.39 is 0 Å². The first kappa shape index (κ1) is 51.2. The molecule has 0 spiro atoms. The first-order chi connectivity index (χ1) is 28.1. The zero-order valence-corrected chi connectivity index (χ0v) is 39.4. The summed E-state index contributed by atoms with van der Waals surface area (Å²) in [6, 6.07) is 18.3. The molecule has 0 radical (unpaired) electrons. The average molecular weight is 826 g/mol. The van der Waals surface area contributed by atoms with Gasteiger partial charge in [0.15, 0.2) is 0 Å². The Kier molecular flexibility index (Phi) is 31.3. The molecule has 57 heavy (non-hydrogen) atoms. The van der Waals surface area contributed by atoms with E-state index >= 15 is 0 Å². The van der Waals surface area contributed by atoms with Crippen molar-refractivity contribution in [1.82, 2.24) is 0 Å². The molecule has 0 saturated heterocycles. The van der Waals surface area contributed by atoms with Gasteiger partial charge in [-0.3, -0.25) is 0 Å². The van der Waals surface area contributed by atoms with Crippen LogP contribution in [0.25, 0.3) is 16.9 Å². The van der Waals surface area contributed by atoms with E-state index in [-0.39, 0.29) is 0 Å². The second-order valence-electron chi connectivity index (χ2n) is 16.9. The van der Waals surface area contributed by atoms with Crippen LogP contribution in [0.4, 0.5) is 0 Å². The van der Waals surface area contributed by atoms with Crippen molar-refractivity contribution in [2.45, 2.75) is 245 Å². The molecule has 0 N–H and O–H groups in total.